The Balaban J connectivity index is 1.45. The summed E-state index contributed by atoms with van der Waals surface area (Å²) in [5.41, 5.74) is 0. The zero-order valence-electron chi connectivity index (χ0n) is 14.4. The highest BCUT2D eigenvalue weighted by atomic mass is 32.1. The van der Waals surface area contributed by atoms with E-state index < -0.39 is 17.8 Å². The second-order valence-electron chi connectivity index (χ2n) is 6.30. The largest absolute Gasteiger partial charge is 0.480 e. The molecule has 2 aliphatic heterocycles. The van der Waals surface area contributed by atoms with Gasteiger partial charge in [-0.3, -0.25) is 0 Å². The Labute approximate surface area is 153 Å². The number of piperidine rings is 1. The van der Waals surface area contributed by atoms with Crippen molar-refractivity contribution in [3.8, 4) is 10.7 Å². The van der Waals surface area contributed by atoms with Gasteiger partial charge in [-0.05, 0) is 11.6 Å². The van der Waals surface area contributed by atoms with Crippen molar-refractivity contribution in [2.75, 3.05) is 31.2 Å². The lowest BCUT2D eigenvalue weighted by atomic mass is 10.0. The third-order valence-corrected chi connectivity index (χ3v) is 5.76. The molecule has 0 saturated carbocycles. The van der Waals surface area contributed by atoms with Crippen LogP contribution in [0.5, 0.6) is 0 Å². The summed E-state index contributed by atoms with van der Waals surface area (Å²) in [5, 5.41) is 22.2. The average Bonchev–Trinajstić information content (AvgIpc) is 3.37. The van der Waals surface area contributed by atoms with Crippen molar-refractivity contribution in [1.29, 1.82) is 0 Å². The standard InChI is InChI=1S/C15H20N6O4S/c1-2-10(13(22)23)21-18-12(17-19-21)11-9-16-14(26-11)20-5-3-15(4-6-20)24-7-8-25-15/h9-10H,2-8H2,1H3,(H,22,23). The maximum Gasteiger partial charge on any atom is 0.330 e. The number of aromatic nitrogens is 5. The zero-order valence-corrected chi connectivity index (χ0v) is 15.2. The molecule has 4 heterocycles. The van der Waals surface area contributed by atoms with Gasteiger partial charge in [0, 0.05) is 25.9 Å². The molecule has 2 aliphatic rings. The number of carboxylic acids is 1. The first-order valence-corrected chi connectivity index (χ1v) is 9.43. The summed E-state index contributed by atoms with van der Waals surface area (Å²) in [6.45, 7) is 4.72. The number of nitrogens with zero attached hydrogens (tertiary/aromatic N) is 6. The molecule has 10 nitrogen and oxygen atoms in total. The highest BCUT2D eigenvalue weighted by Gasteiger charge is 2.40. The summed E-state index contributed by atoms with van der Waals surface area (Å²) in [6, 6.07) is -0.812. The van der Waals surface area contributed by atoms with E-state index in [-0.39, 0.29) is 0 Å². The van der Waals surface area contributed by atoms with Crippen LogP contribution in [0.4, 0.5) is 5.13 Å². The van der Waals surface area contributed by atoms with Crippen molar-refractivity contribution >= 4 is 22.4 Å². The van der Waals surface area contributed by atoms with E-state index in [1.165, 1.54) is 11.3 Å². The third-order valence-electron chi connectivity index (χ3n) is 4.70. The van der Waals surface area contributed by atoms with Crippen LogP contribution in [0.3, 0.4) is 0 Å². The van der Waals surface area contributed by atoms with Gasteiger partial charge in [0.2, 0.25) is 5.82 Å². The molecular formula is C15H20N6O4S. The molecule has 4 rings (SSSR count). The van der Waals surface area contributed by atoms with Gasteiger partial charge < -0.3 is 19.5 Å². The number of carboxylic acid groups (broad SMARTS) is 1. The van der Waals surface area contributed by atoms with E-state index in [0.717, 1.165) is 40.7 Å². The fourth-order valence-electron chi connectivity index (χ4n) is 3.23. The summed E-state index contributed by atoms with van der Waals surface area (Å²) in [4.78, 5) is 19.8. The van der Waals surface area contributed by atoms with E-state index >= 15 is 0 Å². The second kappa shape index (κ2) is 6.89. The predicted octanol–water partition coefficient (Wildman–Crippen LogP) is 1.18. The minimum atomic E-state index is -0.972. The minimum Gasteiger partial charge on any atom is -0.480 e. The van der Waals surface area contributed by atoms with Gasteiger partial charge in [-0.15, -0.1) is 15.0 Å². The molecule has 11 heteroatoms. The molecule has 26 heavy (non-hydrogen) atoms. The number of tetrazole rings is 1. The van der Waals surface area contributed by atoms with Crippen LogP contribution in [-0.4, -0.2) is 68.4 Å². The van der Waals surface area contributed by atoms with Gasteiger partial charge in [0.15, 0.2) is 17.0 Å². The molecule has 0 radical (unpaired) electrons. The number of thiazole rings is 1. The number of carbonyl (C=O) groups is 1. The molecule has 1 spiro atoms. The van der Waals surface area contributed by atoms with Crippen molar-refractivity contribution in [2.45, 2.75) is 38.0 Å². The molecule has 2 fully saturated rings. The van der Waals surface area contributed by atoms with Gasteiger partial charge in [-0.2, -0.15) is 0 Å². The lowest BCUT2D eigenvalue weighted by Crippen LogP contribution is -2.45. The lowest BCUT2D eigenvalue weighted by molar-refractivity contribution is -0.169. The van der Waals surface area contributed by atoms with Crippen LogP contribution in [0, 0.1) is 0 Å². The van der Waals surface area contributed by atoms with Crippen molar-refractivity contribution < 1.29 is 19.4 Å². The molecule has 140 valence electrons. The average molecular weight is 380 g/mol. The molecule has 1 unspecified atom stereocenters. The topological polar surface area (TPSA) is 115 Å². The molecule has 2 saturated heterocycles. The summed E-state index contributed by atoms with van der Waals surface area (Å²) < 4.78 is 11.5. The molecular weight excluding hydrogens is 360 g/mol. The molecule has 0 aromatic carbocycles. The normalized spacial score (nSPS) is 20.6. The monoisotopic (exact) mass is 380 g/mol. The van der Waals surface area contributed by atoms with Crippen LogP contribution < -0.4 is 4.90 Å². The number of anilines is 1. The molecule has 0 aliphatic carbocycles. The fourth-order valence-corrected chi connectivity index (χ4v) is 4.12. The number of hydrogen-bond acceptors (Lipinski definition) is 9. The first-order chi connectivity index (χ1) is 12.6. The Bertz CT molecular complexity index is 777. The van der Waals surface area contributed by atoms with Crippen molar-refractivity contribution in [3.63, 3.8) is 0 Å². The minimum absolute atomic E-state index is 0.388. The first-order valence-electron chi connectivity index (χ1n) is 8.61. The Kier molecular flexibility index (Phi) is 4.59. The van der Waals surface area contributed by atoms with E-state index in [4.69, 9.17) is 9.47 Å². The quantitative estimate of drug-likeness (QED) is 0.816. The first kappa shape index (κ1) is 17.3. The fraction of sp³-hybridized carbons (Fsp3) is 0.667. The highest BCUT2D eigenvalue weighted by molar-refractivity contribution is 7.18. The number of rotatable bonds is 5. The Morgan fingerprint density at radius 1 is 1.38 bits per heavy atom. The van der Waals surface area contributed by atoms with Crippen molar-refractivity contribution in [1.82, 2.24) is 25.2 Å². The van der Waals surface area contributed by atoms with Gasteiger partial charge >= 0.3 is 5.97 Å². The van der Waals surface area contributed by atoms with Gasteiger partial charge in [-0.25, -0.2) is 9.78 Å². The second-order valence-corrected chi connectivity index (χ2v) is 7.31. The number of hydrogen-bond donors (Lipinski definition) is 1. The summed E-state index contributed by atoms with van der Waals surface area (Å²) >= 11 is 1.47. The van der Waals surface area contributed by atoms with Crippen LogP contribution in [-0.2, 0) is 14.3 Å². The molecule has 2 aromatic heterocycles. The Hall–Kier alpha value is -2.11. The molecule has 0 amide bonds. The molecule has 0 bridgehead atoms. The smallest absolute Gasteiger partial charge is 0.330 e. The molecule has 1 N–H and O–H groups in total. The van der Waals surface area contributed by atoms with Crippen molar-refractivity contribution in [2.24, 2.45) is 0 Å². The van der Waals surface area contributed by atoms with Crippen LogP contribution >= 0.6 is 11.3 Å². The Morgan fingerprint density at radius 3 is 2.77 bits per heavy atom. The van der Waals surface area contributed by atoms with Crippen LogP contribution in [0.25, 0.3) is 10.7 Å². The maximum absolute atomic E-state index is 11.2. The van der Waals surface area contributed by atoms with Gasteiger partial charge in [0.25, 0.3) is 0 Å². The Morgan fingerprint density at radius 2 is 2.12 bits per heavy atom. The van der Waals surface area contributed by atoms with Crippen LogP contribution in [0.2, 0.25) is 0 Å². The van der Waals surface area contributed by atoms with Crippen LogP contribution in [0.1, 0.15) is 32.2 Å². The number of ether oxygens (including phenoxy) is 2. The molecule has 2 aromatic rings. The number of aliphatic carboxylic acids is 1. The third kappa shape index (κ3) is 3.17. The van der Waals surface area contributed by atoms with Gasteiger partial charge in [0.1, 0.15) is 0 Å². The van der Waals surface area contributed by atoms with E-state index in [1.807, 2.05) is 0 Å². The van der Waals surface area contributed by atoms with E-state index in [2.05, 4.69) is 25.3 Å². The predicted molar refractivity (Wildman–Crippen MR) is 92.0 cm³/mol. The van der Waals surface area contributed by atoms with Crippen molar-refractivity contribution in [3.05, 3.63) is 6.20 Å². The van der Waals surface area contributed by atoms with Gasteiger partial charge in [0.05, 0.1) is 24.3 Å². The van der Waals surface area contributed by atoms with Gasteiger partial charge in [-0.1, -0.05) is 18.3 Å². The maximum atomic E-state index is 11.2. The zero-order chi connectivity index (χ0) is 18.1. The molecule has 1 atom stereocenters. The van der Waals surface area contributed by atoms with E-state index in [0.29, 0.717) is 25.5 Å². The summed E-state index contributed by atoms with van der Waals surface area (Å²) in [7, 11) is 0. The lowest BCUT2D eigenvalue weighted by Gasteiger charge is -2.37. The van der Waals surface area contributed by atoms with Crippen LogP contribution in [0.15, 0.2) is 6.20 Å². The SMILES string of the molecule is CCC(C(=O)O)n1nnc(-c2cnc(N3CCC4(CC3)OCCO4)s2)n1. The summed E-state index contributed by atoms with van der Waals surface area (Å²) in [5.74, 6) is -0.989. The van der Waals surface area contributed by atoms with E-state index in [9.17, 15) is 9.90 Å². The summed E-state index contributed by atoms with van der Waals surface area (Å²) in [6.07, 6.45) is 3.72. The van der Waals surface area contributed by atoms with E-state index in [1.54, 1.807) is 13.1 Å². The highest BCUT2D eigenvalue weighted by Crippen LogP contribution is 2.35.